The van der Waals surface area contributed by atoms with Crippen LogP contribution < -0.4 is 5.01 Å². The first-order valence-corrected chi connectivity index (χ1v) is 9.34. The highest BCUT2D eigenvalue weighted by atomic mass is 35.5. The minimum Gasteiger partial charge on any atom is -0.457 e. The fraction of sp³-hybridized carbons (Fsp3) is 0.0476. The van der Waals surface area contributed by atoms with Gasteiger partial charge in [-0.15, -0.1) is 0 Å². The monoisotopic (exact) mass is 461 g/mol. The summed E-state index contributed by atoms with van der Waals surface area (Å²) in [5.41, 5.74) is -1.95. The molecule has 11 heteroatoms. The summed E-state index contributed by atoms with van der Waals surface area (Å²) in [6.45, 7) is 0. The summed E-state index contributed by atoms with van der Waals surface area (Å²) >= 11 is 6.08. The van der Waals surface area contributed by atoms with Crippen LogP contribution in [0.25, 0.3) is 17.4 Å². The maximum absolute atomic E-state index is 13.6. The summed E-state index contributed by atoms with van der Waals surface area (Å²) in [5.74, 6) is -0.978. The highest BCUT2D eigenvalue weighted by molar-refractivity contribution is 6.34. The fourth-order valence-electron chi connectivity index (χ4n) is 3.03. The van der Waals surface area contributed by atoms with Crippen LogP contribution in [0.2, 0.25) is 5.02 Å². The largest absolute Gasteiger partial charge is 0.457 e. The molecule has 162 valence electrons. The van der Waals surface area contributed by atoms with Gasteiger partial charge in [-0.25, -0.2) is 0 Å². The lowest BCUT2D eigenvalue weighted by molar-refractivity contribution is -0.384. The van der Waals surface area contributed by atoms with Crippen molar-refractivity contribution in [3.63, 3.8) is 0 Å². The third-order valence-electron chi connectivity index (χ3n) is 4.49. The zero-order valence-electron chi connectivity index (χ0n) is 15.8. The zero-order chi connectivity index (χ0) is 23.0. The Morgan fingerprint density at radius 2 is 1.81 bits per heavy atom. The number of halogens is 4. The van der Waals surface area contributed by atoms with Gasteiger partial charge >= 0.3 is 6.18 Å². The number of anilines is 1. The van der Waals surface area contributed by atoms with Crippen LogP contribution in [0.1, 0.15) is 5.76 Å². The van der Waals surface area contributed by atoms with Gasteiger partial charge in [0.25, 0.3) is 11.6 Å². The van der Waals surface area contributed by atoms with Crippen LogP contribution in [0.4, 0.5) is 24.5 Å². The number of hydrogen-bond acceptors (Lipinski definition) is 5. The number of furan rings is 1. The Morgan fingerprint density at radius 1 is 1.09 bits per heavy atom. The number of para-hydroxylation sites is 1. The predicted molar refractivity (Wildman–Crippen MR) is 111 cm³/mol. The third kappa shape index (κ3) is 4.00. The van der Waals surface area contributed by atoms with Crippen molar-refractivity contribution in [3.8, 4) is 11.3 Å². The van der Waals surface area contributed by atoms with E-state index in [1.807, 2.05) is 0 Å². The highest BCUT2D eigenvalue weighted by Crippen LogP contribution is 2.35. The lowest BCUT2D eigenvalue weighted by Gasteiger charge is -2.10. The van der Waals surface area contributed by atoms with E-state index in [1.54, 1.807) is 18.2 Å². The molecule has 0 aliphatic carbocycles. The highest BCUT2D eigenvalue weighted by Gasteiger charge is 2.47. The molecule has 0 saturated heterocycles. The average molecular weight is 462 g/mol. The van der Waals surface area contributed by atoms with Crippen molar-refractivity contribution in [2.45, 2.75) is 6.18 Å². The minimum absolute atomic E-state index is 0.0846. The van der Waals surface area contributed by atoms with E-state index >= 15 is 0 Å². The second kappa shape index (κ2) is 7.97. The molecule has 0 unspecified atom stereocenters. The number of rotatable bonds is 4. The van der Waals surface area contributed by atoms with Crippen LogP contribution >= 0.6 is 11.6 Å². The number of non-ortho nitro benzene ring substituents is 1. The van der Waals surface area contributed by atoms with Gasteiger partial charge in [0.15, 0.2) is 5.71 Å². The number of amides is 1. The van der Waals surface area contributed by atoms with Crippen LogP contribution in [0, 0.1) is 10.1 Å². The Labute approximate surface area is 183 Å². The van der Waals surface area contributed by atoms with Gasteiger partial charge < -0.3 is 4.42 Å². The summed E-state index contributed by atoms with van der Waals surface area (Å²) in [4.78, 5) is 23.1. The smallest absolute Gasteiger partial charge is 0.435 e. The number of hydrogen-bond donors (Lipinski definition) is 0. The van der Waals surface area contributed by atoms with Gasteiger partial charge in [-0.2, -0.15) is 23.3 Å². The molecule has 0 atom stereocenters. The number of carbonyl (C=O) groups is 1. The number of benzene rings is 2. The molecule has 4 rings (SSSR count). The van der Waals surface area contributed by atoms with E-state index in [1.165, 1.54) is 42.5 Å². The molecule has 1 aliphatic rings. The summed E-state index contributed by atoms with van der Waals surface area (Å²) in [6, 6.07) is 14.1. The van der Waals surface area contributed by atoms with Crippen molar-refractivity contribution in [3.05, 3.63) is 87.1 Å². The van der Waals surface area contributed by atoms with Gasteiger partial charge in [0, 0.05) is 17.7 Å². The van der Waals surface area contributed by atoms with E-state index in [-0.39, 0.29) is 33.5 Å². The van der Waals surface area contributed by atoms with Crippen LogP contribution in [-0.4, -0.2) is 22.7 Å². The van der Waals surface area contributed by atoms with Crippen LogP contribution in [0.3, 0.4) is 0 Å². The van der Waals surface area contributed by atoms with Gasteiger partial charge in [0.2, 0.25) is 0 Å². The molecule has 0 radical (unpaired) electrons. The Bertz CT molecular complexity index is 1280. The maximum atomic E-state index is 13.6. The molecule has 1 aliphatic heterocycles. The molecule has 0 fully saturated rings. The molecule has 0 bridgehead atoms. The lowest BCUT2D eigenvalue weighted by atomic mass is 10.1. The molecule has 0 spiro atoms. The van der Waals surface area contributed by atoms with Crippen molar-refractivity contribution in [1.29, 1.82) is 0 Å². The van der Waals surface area contributed by atoms with E-state index in [0.717, 1.165) is 6.08 Å². The quantitative estimate of drug-likeness (QED) is 0.276. The number of nitrogens with zero attached hydrogens (tertiary/aromatic N) is 3. The molecule has 1 aromatic heterocycles. The lowest BCUT2D eigenvalue weighted by Crippen LogP contribution is -2.25. The summed E-state index contributed by atoms with van der Waals surface area (Å²) in [6.07, 6.45) is -3.96. The summed E-state index contributed by atoms with van der Waals surface area (Å²) < 4.78 is 46.2. The first-order chi connectivity index (χ1) is 15.1. The Morgan fingerprint density at radius 3 is 2.47 bits per heavy atom. The maximum Gasteiger partial charge on any atom is 0.435 e. The van der Waals surface area contributed by atoms with E-state index in [2.05, 4.69) is 5.10 Å². The van der Waals surface area contributed by atoms with E-state index in [9.17, 15) is 28.1 Å². The zero-order valence-corrected chi connectivity index (χ0v) is 16.6. The molecule has 2 aromatic carbocycles. The van der Waals surface area contributed by atoms with Crippen LogP contribution in [0.5, 0.6) is 0 Å². The topological polar surface area (TPSA) is 88.9 Å². The first kappa shape index (κ1) is 21.3. The van der Waals surface area contributed by atoms with Gasteiger partial charge in [-0.1, -0.05) is 29.8 Å². The molecule has 32 heavy (non-hydrogen) atoms. The summed E-state index contributed by atoms with van der Waals surface area (Å²) in [5, 5.41) is 15.3. The van der Waals surface area contributed by atoms with Crippen molar-refractivity contribution in [1.82, 2.24) is 0 Å². The van der Waals surface area contributed by atoms with Gasteiger partial charge in [-0.05, 0) is 36.4 Å². The molecule has 7 nitrogen and oxygen atoms in total. The van der Waals surface area contributed by atoms with E-state index in [4.69, 9.17) is 16.0 Å². The van der Waals surface area contributed by atoms with Crippen molar-refractivity contribution >= 4 is 40.7 Å². The average Bonchev–Trinajstić information content (AvgIpc) is 3.34. The number of nitro benzene ring substituents is 1. The normalized spacial score (nSPS) is 15.4. The number of hydrazone groups is 1. The molecule has 1 amide bonds. The number of alkyl halides is 3. The first-order valence-electron chi connectivity index (χ1n) is 8.96. The van der Waals surface area contributed by atoms with Crippen molar-refractivity contribution in [2.75, 3.05) is 5.01 Å². The molecule has 2 heterocycles. The minimum atomic E-state index is -4.89. The van der Waals surface area contributed by atoms with Crippen molar-refractivity contribution in [2.24, 2.45) is 5.10 Å². The van der Waals surface area contributed by atoms with Gasteiger partial charge in [0.1, 0.15) is 11.5 Å². The van der Waals surface area contributed by atoms with E-state index in [0.29, 0.717) is 5.01 Å². The van der Waals surface area contributed by atoms with Crippen LogP contribution in [-0.2, 0) is 4.79 Å². The van der Waals surface area contributed by atoms with Gasteiger partial charge in [-0.3, -0.25) is 14.9 Å². The number of nitro groups is 1. The van der Waals surface area contributed by atoms with Crippen molar-refractivity contribution < 1.29 is 27.3 Å². The second-order valence-corrected chi connectivity index (χ2v) is 6.99. The standard InChI is InChI=1S/C21H11ClF3N3O4/c22-17-8-6-13(28(30)31)10-15(17)18-9-7-14(32-18)11-16-19(21(23,24)25)26-27(20(16)29)12-4-2-1-3-5-12/h1-11H. The Balaban J connectivity index is 1.73. The molecular weight excluding hydrogens is 451 g/mol. The van der Waals surface area contributed by atoms with Crippen LogP contribution in [0.15, 0.2) is 75.8 Å². The molecule has 0 N–H and O–H groups in total. The molecular formula is C21H11ClF3N3O4. The molecule has 0 saturated carbocycles. The predicted octanol–water partition coefficient (Wildman–Crippen LogP) is 5.86. The third-order valence-corrected chi connectivity index (χ3v) is 4.82. The Hall–Kier alpha value is -3.92. The second-order valence-electron chi connectivity index (χ2n) is 6.58. The Kier molecular flexibility index (Phi) is 5.31. The SMILES string of the molecule is O=C1C(=Cc2ccc(-c3cc([N+](=O)[O-])ccc3Cl)o2)C(C(F)(F)F)=NN1c1ccccc1. The fourth-order valence-corrected chi connectivity index (χ4v) is 3.24. The van der Waals surface area contributed by atoms with Gasteiger partial charge in [0.05, 0.1) is 21.2 Å². The molecule has 3 aromatic rings. The number of carbonyl (C=O) groups excluding carboxylic acids is 1. The summed E-state index contributed by atoms with van der Waals surface area (Å²) in [7, 11) is 0. The van der Waals surface area contributed by atoms with E-state index < -0.39 is 28.3 Å².